The lowest BCUT2D eigenvalue weighted by Crippen LogP contribution is -2.35. The molecular formula is C28H23N2O+. The maximum atomic E-state index is 7.85. The summed E-state index contributed by atoms with van der Waals surface area (Å²) >= 11 is 0. The van der Waals surface area contributed by atoms with Crippen molar-refractivity contribution in [3.05, 3.63) is 95.0 Å². The predicted molar refractivity (Wildman–Crippen MR) is 126 cm³/mol. The number of furan rings is 1. The van der Waals surface area contributed by atoms with Crippen LogP contribution in [0.15, 0.2) is 71.1 Å². The van der Waals surface area contributed by atoms with E-state index < -0.39 is 6.85 Å². The molecule has 0 N–H and O–H groups in total. The zero-order valence-corrected chi connectivity index (χ0v) is 17.7. The molecule has 5 aromatic rings. The molecule has 0 amide bonds. The number of aryl methyl sites for hydroxylation is 2. The van der Waals surface area contributed by atoms with Crippen LogP contribution in [0.25, 0.3) is 49.2 Å². The van der Waals surface area contributed by atoms with E-state index in [1.807, 2.05) is 74.0 Å². The van der Waals surface area contributed by atoms with E-state index in [-0.39, 0.29) is 0 Å². The Hall–Kier alpha value is -3.90. The van der Waals surface area contributed by atoms with Crippen LogP contribution < -0.4 is 4.57 Å². The van der Waals surface area contributed by atoms with Crippen molar-refractivity contribution in [2.24, 2.45) is 7.05 Å². The van der Waals surface area contributed by atoms with Crippen molar-refractivity contribution >= 4 is 27.6 Å². The van der Waals surface area contributed by atoms with Gasteiger partial charge in [-0.3, -0.25) is 0 Å². The molecule has 2 aromatic heterocycles. The van der Waals surface area contributed by atoms with E-state index in [1.165, 1.54) is 0 Å². The summed E-state index contributed by atoms with van der Waals surface area (Å²) in [6.45, 7) is 9.39. The lowest BCUT2D eigenvalue weighted by atomic mass is 9.98. The molecule has 0 saturated heterocycles. The third-order valence-corrected chi connectivity index (χ3v) is 6.10. The van der Waals surface area contributed by atoms with Gasteiger partial charge in [0, 0.05) is 39.0 Å². The summed E-state index contributed by atoms with van der Waals surface area (Å²) in [7, 11) is 1.88. The van der Waals surface area contributed by atoms with Crippen LogP contribution in [0.4, 0.5) is 5.69 Å². The van der Waals surface area contributed by atoms with Crippen molar-refractivity contribution in [1.82, 2.24) is 0 Å². The zero-order chi connectivity index (χ0) is 24.2. The summed E-state index contributed by atoms with van der Waals surface area (Å²) in [5, 5.41) is 1.91. The topological polar surface area (TPSA) is 21.4 Å². The Morgan fingerprint density at radius 2 is 1.52 bits per heavy atom. The van der Waals surface area contributed by atoms with E-state index >= 15 is 0 Å². The second-order valence-corrected chi connectivity index (χ2v) is 7.83. The highest BCUT2D eigenvalue weighted by atomic mass is 16.3. The fourth-order valence-electron chi connectivity index (χ4n) is 4.29. The normalized spacial score (nSPS) is 13.0. The summed E-state index contributed by atoms with van der Waals surface area (Å²) in [4.78, 5) is 3.76. The number of benzene rings is 3. The molecule has 0 unspecified atom stereocenters. The molecule has 0 spiro atoms. The molecule has 0 aliphatic carbocycles. The van der Waals surface area contributed by atoms with Gasteiger partial charge in [-0.15, -0.1) is 0 Å². The van der Waals surface area contributed by atoms with Gasteiger partial charge in [-0.2, -0.15) is 4.57 Å². The maximum Gasteiger partial charge on any atom is 0.216 e. The van der Waals surface area contributed by atoms with Gasteiger partial charge in [0.1, 0.15) is 18.2 Å². The minimum Gasteiger partial charge on any atom is -0.456 e. The summed E-state index contributed by atoms with van der Waals surface area (Å²) in [5.41, 5.74) is 7.50. The lowest BCUT2D eigenvalue weighted by Gasteiger charge is -2.08. The average Bonchev–Trinajstić information content (AvgIpc) is 3.18. The zero-order valence-electron chi connectivity index (χ0n) is 20.7. The Balaban J connectivity index is 1.87. The lowest BCUT2D eigenvalue weighted by molar-refractivity contribution is -0.667. The number of pyridine rings is 1. The number of hydrogen-bond acceptors (Lipinski definition) is 1. The Morgan fingerprint density at radius 3 is 2.23 bits per heavy atom. The predicted octanol–water partition coefficient (Wildman–Crippen LogP) is 7.22. The van der Waals surface area contributed by atoms with Crippen LogP contribution in [0, 0.1) is 27.3 Å². The summed E-state index contributed by atoms with van der Waals surface area (Å²) < 4.78 is 32.0. The van der Waals surface area contributed by atoms with Crippen molar-refractivity contribution in [1.29, 1.82) is 0 Å². The highest BCUT2D eigenvalue weighted by Gasteiger charge is 2.24. The molecule has 5 rings (SSSR count). The van der Waals surface area contributed by atoms with Gasteiger partial charge in [0.2, 0.25) is 5.69 Å². The van der Waals surface area contributed by atoms with Gasteiger partial charge in [0.05, 0.1) is 12.1 Å². The first-order chi connectivity index (χ1) is 16.2. The molecule has 0 saturated carbocycles. The molecule has 0 aliphatic heterocycles. The number of hydrogen-bond donors (Lipinski definition) is 0. The Kier molecular flexibility index (Phi) is 3.64. The van der Waals surface area contributed by atoms with Crippen molar-refractivity contribution < 1.29 is 13.1 Å². The first-order valence-corrected chi connectivity index (χ1v) is 10.1. The van der Waals surface area contributed by atoms with Gasteiger partial charge in [0.25, 0.3) is 0 Å². The Bertz CT molecular complexity index is 1620. The number of nitrogens with zero attached hydrogens (tertiary/aromatic N) is 2. The van der Waals surface area contributed by atoms with E-state index in [0.29, 0.717) is 22.5 Å². The molecule has 0 aliphatic rings. The molecule has 3 aromatic carbocycles. The van der Waals surface area contributed by atoms with Crippen LogP contribution in [-0.4, -0.2) is 0 Å². The van der Waals surface area contributed by atoms with Crippen LogP contribution >= 0.6 is 0 Å². The van der Waals surface area contributed by atoms with Crippen LogP contribution in [0.2, 0.25) is 0 Å². The largest absolute Gasteiger partial charge is 0.456 e. The monoisotopic (exact) mass is 406 g/mol. The van der Waals surface area contributed by atoms with Crippen molar-refractivity contribution in [3.63, 3.8) is 0 Å². The molecule has 0 radical (unpaired) electrons. The van der Waals surface area contributed by atoms with E-state index in [9.17, 15) is 0 Å². The van der Waals surface area contributed by atoms with Crippen molar-refractivity contribution in [3.8, 4) is 22.4 Å². The molecule has 0 fully saturated rings. The molecule has 3 heteroatoms. The van der Waals surface area contributed by atoms with Crippen LogP contribution in [0.5, 0.6) is 0 Å². The minimum absolute atomic E-state index is 0.334. The van der Waals surface area contributed by atoms with E-state index in [2.05, 4.69) is 17.0 Å². The molecule has 2 heterocycles. The van der Waals surface area contributed by atoms with Gasteiger partial charge < -0.3 is 4.42 Å². The van der Waals surface area contributed by atoms with Gasteiger partial charge in [-0.25, -0.2) is 4.85 Å². The third kappa shape index (κ3) is 2.84. The molecule has 3 nitrogen and oxygen atoms in total. The molecule has 31 heavy (non-hydrogen) atoms. The van der Waals surface area contributed by atoms with E-state index in [0.717, 1.165) is 44.3 Å². The number of fused-ring (bicyclic) bond motifs is 3. The van der Waals surface area contributed by atoms with E-state index in [1.54, 1.807) is 6.07 Å². The average molecular weight is 407 g/mol. The van der Waals surface area contributed by atoms with Gasteiger partial charge in [-0.1, -0.05) is 54.6 Å². The first-order valence-electron chi connectivity index (χ1n) is 11.6. The second kappa shape index (κ2) is 7.11. The van der Waals surface area contributed by atoms with Crippen molar-refractivity contribution in [2.45, 2.75) is 20.7 Å². The Labute approximate surface area is 186 Å². The summed E-state index contributed by atoms with van der Waals surface area (Å²) in [6.07, 6.45) is 0. The van der Waals surface area contributed by atoms with Gasteiger partial charge in [0.15, 0.2) is 11.4 Å². The second-order valence-electron chi connectivity index (χ2n) is 7.83. The fourth-order valence-corrected chi connectivity index (χ4v) is 4.29. The van der Waals surface area contributed by atoms with Gasteiger partial charge in [-0.05, 0) is 31.0 Å². The first kappa shape index (κ1) is 15.9. The highest BCUT2D eigenvalue weighted by molar-refractivity contribution is 6.15. The minimum atomic E-state index is -2.18. The fraction of sp³-hybridized carbons (Fsp3) is 0.143. The number of aromatic nitrogens is 1. The molecule has 150 valence electrons. The molecular weight excluding hydrogens is 380 g/mol. The Morgan fingerprint density at radius 1 is 0.839 bits per heavy atom. The highest BCUT2D eigenvalue weighted by Crippen LogP contribution is 2.44. The smallest absolute Gasteiger partial charge is 0.216 e. The van der Waals surface area contributed by atoms with Crippen LogP contribution in [-0.2, 0) is 7.05 Å². The van der Waals surface area contributed by atoms with Crippen LogP contribution in [0.3, 0.4) is 0 Å². The summed E-state index contributed by atoms with van der Waals surface area (Å²) in [6, 6.07) is 21.3. The number of rotatable bonds is 2. The van der Waals surface area contributed by atoms with Crippen molar-refractivity contribution in [2.75, 3.05) is 0 Å². The molecule has 0 bridgehead atoms. The van der Waals surface area contributed by atoms with Gasteiger partial charge >= 0.3 is 0 Å². The summed E-state index contributed by atoms with van der Waals surface area (Å²) in [5.74, 6) is 0. The standard InChI is InChI=1S/C28H23N2O/c1-17-12-16-24(30(5)19(17)3)25-18(2)11-13-21-22-14-15-23(29-4)26(28(22)31-27(21)25)20-9-7-6-8-10-20/h6-16H,1-3,5H3/q+1/i1D3. The molecule has 0 atom stereocenters. The maximum absolute atomic E-state index is 7.85. The SMILES string of the molecule is [2H]C([2H])([2H])c1ccc(-c2c(C)ccc3c2oc2c(-c4ccccc4)c([N+]#[C-])ccc23)[n+](C)c1C. The third-order valence-electron chi connectivity index (χ3n) is 6.10. The quantitative estimate of drug-likeness (QED) is 0.224. The van der Waals surface area contributed by atoms with E-state index in [4.69, 9.17) is 15.1 Å². The van der Waals surface area contributed by atoms with Crippen LogP contribution in [0.1, 0.15) is 20.9 Å².